The number of aryl methyl sites for hydroxylation is 1. The summed E-state index contributed by atoms with van der Waals surface area (Å²) in [6, 6.07) is -0.141. The molecule has 2 heterocycles. The smallest absolute Gasteiger partial charge is 0.244 e. The Labute approximate surface area is 141 Å². The second kappa shape index (κ2) is 7.59. The van der Waals surface area contributed by atoms with Crippen molar-refractivity contribution in [1.29, 1.82) is 0 Å². The van der Waals surface area contributed by atoms with Crippen LogP contribution in [0.1, 0.15) is 45.3 Å². The van der Waals surface area contributed by atoms with Gasteiger partial charge in [0, 0.05) is 18.8 Å². The molecule has 0 radical (unpaired) electrons. The zero-order valence-electron chi connectivity index (χ0n) is 14.0. The van der Waals surface area contributed by atoms with Crippen molar-refractivity contribution in [3.05, 3.63) is 16.4 Å². The molecule has 0 unspecified atom stereocenters. The number of carbonyl (C=O) groups excluding carboxylic acids is 1. The standard InChI is InChI=1S/C16H27BrN4O/c1-11-5-7-20(8-6-11)9-12(2)18-16(22)14(4)21-10-15(17)13(3)19-21/h10-12,14H,5-9H2,1-4H3,(H,18,22)/t12-,14+/m1/s1. The van der Waals surface area contributed by atoms with Gasteiger partial charge in [0.15, 0.2) is 0 Å². The number of carbonyl (C=O) groups is 1. The molecule has 1 aliphatic rings. The van der Waals surface area contributed by atoms with Gasteiger partial charge in [0.1, 0.15) is 6.04 Å². The molecule has 0 saturated carbocycles. The van der Waals surface area contributed by atoms with Gasteiger partial charge in [-0.05, 0) is 68.6 Å². The molecule has 1 fully saturated rings. The molecule has 1 aliphatic heterocycles. The topological polar surface area (TPSA) is 50.2 Å². The molecule has 0 spiro atoms. The lowest BCUT2D eigenvalue weighted by Gasteiger charge is -2.32. The number of nitrogens with zero attached hydrogens (tertiary/aromatic N) is 3. The number of amides is 1. The summed E-state index contributed by atoms with van der Waals surface area (Å²) in [6.07, 6.45) is 4.38. The number of halogens is 1. The predicted octanol–water partition coefficient (Wildman–Crippen LogP) is 2.75. The Bertz CT molecular complexity index is 489. The number of hydrogen-bond acceptors (Lipinski definition) is 3. The third-order valence-corrected chi connectivity index (χ3v) is 5.21. The van der Waals surface area contributed by atoms with Crippen molar-refractivity contribution in [3.63, 3.8) is 0 Å². The molecule has 0 aliphatic carbocycles. The molecule has 1 saturated heterocycles. The van der Waals surface area contributed by atoms with Crippen molar-refractivity contribution in [2.75, 3.05) is 19.6 Å². The number of aromatic nitrogens is 2. The maximum absolute atomic E-state index is 12.4. The maximum atomic E-state index is 12.4. The number of piperidine rings is 1. The lowest BCUT2D eigenvalue weighted by atomic mass is 9.99. The van der Waals surface area contributed by atoms with E-state index in [0.717, 1.165) is 35.7 Å². The van der Waals surface area contributed by atoms with Gasteiger partial charge in [-0.15, -0.1) is 0 Å². The first-order chi connectivity index (χ1) is 10.4. The third-order valence-electron chi connectivity index (χ3n) is 4.43. The van der Waals surface area contributed by atoms with Crippen LogP contribution in [0.15, 0.2) is 10.7 Å². The predicted molar refractivity (Wildman–Crippen MR) is 91.8 cm³/mol. The lowest BCUT2D eigenvalue weighted by molar-refractivity contribution is -0.124. The van der Waals surface area contributed by atoms with E-state index in [1.807, 2.05) is 20.0 Å². The second-order valence-electron chi connectivity index (χ2n) is 6.61. The van der Waals surface area contributed by atoms with Crippen LogP contribution in [0.3, 0.4) is 0 Å². The van der Waals surface area contributed by atoms with Crippen LogP contribution in [0.25, 0.3) is 0 Å². The quantitative estimate of drug-likeness (QED) is 0.866. The van der Waals surface area contributed by atoms with Gasteiger partial charge in [-0.25, -0.2) is 0 Å². The summed E-state index contributed by atoms with van der Waals surface area (Å²) in [5.74, 6) is 0.857. The molecular weight excluding hydrogens is 344 g/mol. The summed E-state index contributed by atoms with van der Waals surface area (Å²) in [5.41, 5.74) is 0.898. The van der Waals surface area contributed by atoms with Crippen LogP contribution in [-0.4, -0.2) is 46.3 Å². The van der Waals surface area contributed by atoms with E-state index in [2.05, 4.69) is 45.1 Å². The first-order valence-electron chi connectivity index (χ1n) is 8.10. The Morgan fingerprint density at radius 1 is 1.45 bits per heavy atom. The van der Waals surface area contributed by atoms with Crippen molar-refractivity contribution in [2.45, 2.75) is 52.6 Å². The van der Waals surface area contributed by atoms with E-state index in [0.29, 0.717) is 0 Å². The van der Waals surface area contributed by atoms with Gasteiger partial charge in [-0.1, -0.05) is 6.92 Å². The normalized spacial score (nSPS) is 19.9. The van der Waals surface area contributed by atoms with Crippen LogP contribution >= 0.6 is 15.9 Å². The van der Waals surface area contributed by atoms with Crippen molar-refractivity contribution < 1.29 is 4.79 Å². The van der Waals surface area contributed by atoms with Crippen molar-refractivity contribution in [1.82, 2.24) is 20.0 Å². The first-order valence-corrected chi connectivity index (χ1v) is 8.90. The fourth-order valence-electron chi connectivity index (χ4n) is 2.82. The molecule has 1 aromatic heterocycles. The zero-order chi connectivity index (χ0) is 16.3. The highest BCUT2D eigenvalue weighted by atomic mass is 79.9. The van der Waals surface area contributed by atoms with Gasteiger partial charge in [-0.2, -0.15) is 5.10 Å². The first kappa shape index (κ1) is 17.5. The summed E-state index contributed by atoms with van der Waals surface area (Å²) >= 11 is 3.43. The van der Waals surface area contributed by atoms with Crippen LogP contribution in [-0.2, 0) is 4.79 Å². The van der Waals surface area contributed by atoms with E-state index in [9.17, 15) is 4.79 Å². The third kappa shape index (κ3) is 4.56. The Kier molecular flexibility index (Phi) is 6.03. The molecule has 6 heteroatoms. The number of rotatable bonds is 5. The van der Waals surface area contributed by atoms with Crippen molar-refractivity contribution >= 4 is 21.8 Å². The van der Waals surface area contributed by atoms with Gasteiger partial charge in [0.25, 0.3) is 0 Å². The fraction of sp³-hybridized carbons (Fsp3) is 0.750. The fourth-order valence-corrected chi connectivity index (χ4v) is 3.11. The highest BCUT2D eigenvalue weighted by molar-refractivity contribution is 9.10. The van der Waals surface area contributed by atoms with E-state index in [-0.39, 0.29) is 18.0 Å². The zero-order valence-corrected chi connectivity index (χ0v) is 15.6. The maximum Gasteiger partial charge on any atom is 0.244 e. The second-order valence-corrected chi connectivity index (χ2v) is 7.47. The Balaban J connectivity index is 1.82. The average molecular weight is 371 g/mol. The molecular formula is C16H27BrN4O. The summed E-state index contributed by atoms with van der Waals surface area (Å²) in [7, 11) is 0. The minimum absolute atomic E-state index is 0.0212. The van der Waals surface area contributed by atoms with Crippen LogP contribution in [0.2, 0.25) is 0 Å². The Hall–Kier alpha value is -0.880. The highest BCUT2D eigenvalue weighted by Gasteiger charge is 2.21. The number of nitrogens with one attached hydrogen (secondary N) is 1. The average Bonchev–Trinajstić information content (AvgIpc) is 2.80. The molecule has 2 rings (SSSR count). The molecule has 0 bridgehead atoms. The minimum atomic E-state index is -0.297. The highest BCUT2D eigenvalue weighted by Crippen LogP contribution is 2.18. The van der Waals surface area contributed by atoms with E-state index in [4.69, 9.17) is 0 Å². The van der Waals surface area contributed by atoms with Crippen LogP contribution in [0, 0.1) is 12.8 Å². The molecule has 1 aromatic rings. The van der Waals surface area contributed by atoms with Gasteiger partial charge in [0.05, 0.1) is 10.2 Å². The largest absolute Gasteiger partial charge is 0.351 e. The van der Waals surface area contributed by atoms with Gasteiger partial charge < -0.3 is 10.2 Å². The Morgan fingerprint density at radius 2 is 2.09 bits per heavy atom. The molecule has 0 aromatic carbocycles. The van der Waals surface area contributed by atoms with Gasteiger partial charge in [0.2, 0.25) is 5.91 Å². The van der Waals surface area contributed by atoms with E-state index in [1.165, 1.54) is 12.8 Å². The monoisotopic (exact) mass is 370 g/mol. The van der Waals surface area contributed by atoms with Crippen LogP contribution in [0.5, 0.6) is 0 Å². The Morgan fingerprint density at radius 3 is 2.64 bits per heavy atom. The molecule has 2 atom stereocenters. The van der Waals surface area contributed by atoms with Gasteiger partial charge >= 0.3 is 0 Å². The van der Waals surface area contributed by atoms with Crippen LogP contribution in [0.4, 0.5) is 0 Å². The molecule has 1 N–H and O–H groups in total. The van der Waals surface area contributed by atoms with E-state index in [1.54, 1.807) is 4.68 Å². The molecule has 1 amide bonds. The molecule has 5 nitrogen and oxygen atoms in total. The van der Waals surface area contributed by atoms with Gasteiger partial charge in [-0.3, -0.25) is 9.48 Å². The van der Waals surface area contributed by atoms with Crippen LogP contribution < -0.4 is 5.32 Å². The minimum Gasteiger partial charge on any atom is -0.351 e. The lowest BCUT2D eigenvalue weighted by Crippen LogP contribution is -2.46. The number of hydrogen-bond donors (Lipinski definition) is 1. The summed E-state index contributed by atoms with van der Waals surface area (Å²) in [4.78, 5) is 14.8. The summed E-state index contributed by atoms with van der Waals surface area (Å²) < 4.78 is 2.65. The summed E-state index contributed by atoms with van der Waals surface area (Å²) in [5, 5.41) is 7.47. The van der Waals surface area contributed by atoms with Crippen molar-refractivity contribution in [2.24, 2.45) is 5.92 Å². The van der Waals surface area contributed by atoms with E-state index < -0.39 is 0 Å². The van der Waals surface area contributed by atoms with E-state index >= 15 is 0 Å². The van der Waals surface area contributed by atoms with Crippen molar-refractivity contribution in [3.8, 4) is 0 Å². The summed E-state index contributed by atoms with van der Waals surface area (Å²) in [6.45, 7) is 11.4. The SMILES string of the molecule is Cc1nn([C@@H](C)C(=O)N[C@H](C)CN2CCC(C)CC2)cc1Br. The molecule has 22 heavy (non-hydrogen) atoms. The number of likely N-dealkylation sites (tertiary alicyclic amines) is 1. The molecule has 124 valence electrons.